The normalized spacial score (nSPS) is 13.2. The highest BCUT2D eigenvalue weighted by Crippen LogP contribution is 2.38. The van der Waals surface area contributed by atoms with E-state index in [-0.39, 0.29) is 17.5 Å². The van der Waals surface area contributed by atoms with E-state index in [2.05, 4.69) is 5.32 Å². The van der Waals surface area contributed by atoms with Crippen LogP contribution in [0.1, 0.15) is 38.3 Å². The molecule has 0 aliphatic rings. The second-order valence-electron chi connectivity index (χ2n) is 9.63. The van der Waals surface area contributed by atoms with Crippen molar-refractivity contribution in [2.45, 2.75) is 56.9 Å². The largest absolute Gasteiger partial charge is 0.417 e. The van der Waals surface area contributed by atoms with Gasteiger partial charge < -0.3 is 10.2 Å². The van der Waals surface area contributed by atoms with Crippen LogP contribution in [0.25, 0.3) is 0 Å². The third-order valence-corrected chi connectivity index (χ3v) is 8.71. The van der Waals surface area contributed by atoms with Crippen molar-refractivity contribution in [3.8, 4) is 0 Å². The quantitative estimate of drug-likeness (QED) is 0.263. The highest BCUT2D eigenvalue weighted by molar-refractivity contribution is 7.92. The number of hydrogen-bond acceptors (Lipinski definition) is 4. The average molecular weight is 628 g/mol. The monoisotopic (exact) mass is 627 g/mol. The number of nitrogens with one attached hydrogen (secondary N) is 1. The molecule has 2 amide bonds. The van der Waals surface area contributed by atoms with Crippen LogP contribution < -0.4 is 9.62 Å². The van der Waals surface area contributed by atoms with Gasteiger partial charge in [0, 0.05) is 12.6 Å². The summed E-state index contributed by atoms with van der Waals surface area (Å²) in [5.74, 6) is -1.93. The summed E-state index contributed by atoms with van der Waals surface area (Å²) in [6, 6.07) is 13.2. The van der Waals surface area contributed by atoms with E-state index in [0.717, 1.165) is 17.0 Å². The van der Waals surface area contributed by atoms with E-state index >= 15 is 0 Å². The minimum absolute atomic E-state index is 0.206. The number of hydrogen-bond donors (Lipinski definition) is 1. The number of anilines is 1. The zero-order valence-electron chi connectivity index (χ0n) is 23.0. The first-order valence-electron chi connectivity index (χ1n) is 12.9. The molecule has 42 heavy (non-hydrogen) atoms. The highest BCUT2D eigenvalue weighted by atomic mass is 35.5. The lowest BCUT2D eigenvalue weighted by Gasteiger charge is -2.32. The van der Waals surface area contributed by atoms with E-state index < -0.39 is 62.7 Å². The number of rotatable bonds is 11. The number of nitrogens with zero attached hydrogens (tertiary/aromatic N) is 2. The molecule has 0 aliphatic carbocycles. The molecule has 1 N–H and O–H groups in total. The average Bonchev–Trinajstić information content (AvgIpc) is 2.95. The van der Waals surface area contributed by atoms with Crippen LogP contribution in [0, 0.1) is 5.82 Å². The van der Waals surface area contributed by atoms with Crippen molar-refractivity contribution in [2.75, 3.05) is 10.8 Å². The van der Waals surface area contributed by atoms with Crippen LogP contribution >= 0.6 is 11.6 Å². The van der Waals surface area contributed by atoms with Gasteiger partial charge in [-0.3, -0.25) is 13.9 Å². The first-order chi connectivity index (χ1) is 19.6. The molecule has 0 fully saturated rings. The lowest BCUT2D eigenvalue weighted by atomic mass is 10.1. The van der Waals surface area contributed by atoms with Gasteiger partial charge in [0.25, 0.3) is 10.0 Å². The predicted octanol–water partition coefficient (Wildman–Crippen LogP) is 6.03. The summed E-state index contributed by atoms with van der Waals surface area (Å²) in [6.07, 6.45) is -4.30. The molecular formula is C29H30ClF4N3O4S. The van der Waals surface area contributed by atoms with Gasteiger partial charge in [-0.2, -0.15) is 13.2 Å². The maximum atomic E-state index is 13.8. The Balaban J connectivity index is 2.10. The molecule has 7 nitrogen and oxygen atoms in total. The summed E-state index contributed by atoms with van der Waals surface area (Å²) in [4.78, 5) is 27.7. The maximum Gasteiger partial charge on any atom is 0.417 e. The molecule has 0 saturated carbocycles. The molecule has 0 saturated heterocycles. The summed E-state index contributed by atoms with van der Waals surface area (Å²) in [7, 11) is -4.58. The number of carbonyl (C=O) groups is 2. The Morgan fingerprint density at radius 2 is 1.60 bits per heavy atom. The second kappa shape index (κ2) is 13.6. The topological polar surface area (TPSA) is 86.8 Å². The summed E-state index contributed by atoms with van der Waals surface area (Å²) < 4.78 is 82.7. The number of halogens is 5. The van der Waals surface area contributed by atoms with Crippen LogP contribution in [-0.4, -0.2) is 43.8 Å². The summed E-state index contributed by atoms with van der Waals surface area (Å²) >= 11 is 5.77. The molecule has 3 aromatic carbocycles. The third kappa shape index (κ3) is 8.01. The van der Waals surface area contributed by atoms with Crippen molar-refractivity contribution in [3.63, 3.8) is 0 Å². The van der Waals surface area contributed by atoms with Gasteiger partial charge in [0.2, 0.25) is 11.8 Å². The Labute approximate surface area is 247 Å². The van der Waals surface area contributed by atoms with E-state index in [1.54, 1.807) is 13.0 Å². The summed E-state index contributed by atoms with van der Waals surface area (Å²) in [5, 5.41) is 2.12. The number of benzene rings is 3. The molecule has 0 aliphatic heterocycles. The van der Waals surface area contributed by atoms with Crippen LogP contribution in [0.3, 0.4) is 0 Å². The van der Waals surface area contributed by atoms with E-state index in [4.69, 9.17) is 11.6 Å². The molecule has 0 heterocycles. The SMILES string of the molecule is CC[C@H](C)NC(=O)[C@@H](C)N(Cc1ccc(F)cc1)C(=O)CN(c1ccc(Cl)c(C(F)(F)F)c1)S(=O)(=O)c1ccccc1. The van der Waals surface area contributed by atoms with Crippen LogP contribution in [0.5, 0.6) is 0 Å². The Bertz CT molecular complexity index is 1500. The van der Waals surface area contributed by atoms with E-state index in [1.807, 2.05) is 6.92 Å². The van der Waals surface area contributed by atoms with E-state index in [1.165, 1.54) is 55.5 Å². The van der Waals surface area contributed by atoms with Gasteiger partial charge in [-0.05, 0) is 68.3 Å². The first kappa shape index (κ1) is 32.9. The zero-order chi connectivity index (χ0) is 31.2. The van der Waals surface area contributed by atoms with Crippen LogP contribution in [0.4, 0.5) is 23.2 Å². The van der Waals surface area contributed by atoms with Crippen LogP contribution in [-0.2, 0) is 32.3 Å². The fourth-order valence-corrected chi connectivity index (χ4v) is 5.62. The lowest BCUT2D eigenvalue weighted by Crippen LogP contribution is -2.52. The van der Waals surface area contributed by atoms with Gasteiger partial charge in [-0.1, -0.05) is 48.9 Å². The van der Waals surface area contributed by atoms with E-state index in [9.17, 15) is 35.6 Å². The maximum absolute atomic E-state index is 13.8. The first-order valence-corrected chi connectivity index (χ1v) is 14.8. The lowest BCUT2D eigenvalue weighted by molar-refractivity contribution is -0.139. The predicted molar refractivity (Wildman–Crippen MR) is 152 cm³/mol. The van der Waals surface area contributed by atoms with Crippen molar-refractivity contribution in [2.24, 2.45) is 0 Å². The molecule has 0 unspecified atom stereocenters. The van der Waals surface area contributed by atoms with Gasteiger partial charge >= 0.3 is 6.18 Å². The smallest absolute Gasteiger partial charge is 0.352 e. The number of amides is 2. The molecule has 0 aromatic heterocycles. The molecule has 0 spiro atoms. The van der Waals surface area contributed by atoms with E-state index in [0.29, 0.717) is 22.4 Å². The number of sulfonamides is 1. The molecular weight excluding hydrogens is 598 g/mol. The van der Waals surface area contributed by atoms with Gasteiger partial charge in [0.15, 0.2) is 0 Å². The van der Waals surface area contributed by atoms with Crippen LogP contribution in [0.2, 0.25) is 5.02 Å². The Morgan fingerprint density at radius 1 is 0.976 bits per heavy atom. The fourth-order valence-electron chi connectivity index (χ4n) is 3.97. The third-order valence-electron chi connectivity index (χ3n) is 6.59. The molecule has 226 valence electrons. The van der Waals surface area contributed by atoms with Gasteiger partial charge in [-0.25, -0.2) is 12.8 Å². The Hall–Kier alpha value is -3.64. The summed E-state index contributed by atoms with van der Waals surface area (Å²) in [6.45, 7) is 3.91. The van der Waals surface area contributed by atoms with Gasteiger partial charge in [0.1, 0.15) is 18.4 Å². The number of carbonyl (C=O) groups excluding carboxylic acids is 2. The summed E-state index contributed by atoms with van der Waals surface area (Å²) in [5.41, 5.74) is -1.30. The van der Waals surface area contributed by atoms with Gasteiger partial charge in [-0.15, -0.1) is 0 Å². The van der Waals surface area contributed by atoms with Crippen molar-refractivity contribution in [3.05, 3.63) is 94.8 Å². The zero-order valence-corrected chi connectivity index (χ0v) is 24.6. The molecule has 0 radical (unpaired) electrons. The minimum atomic E-state index is -4.91. The molecule has 3 aromatic rings. The number of alkyl halides is 3. The Morgan fingerprint density at radius 3 is 2.17 bits per heavy atom. The molecule has 0 bridgehead atoms. The Kier molecular flexibility index (Phi) is 10.6. The van der Waals surface area contributed by atoms with Crippen molar-refractivity contribution >= 4 is 39.1 Å². The highest BCUT2D eigenvalue weighted by Gasteiger charge is 2.37. The molecule has 2 atom stereocenters. The standard InChI is InChI=1S/C29H30ClF4N3O4S/c1-4-19(2)35-28(39)20(3)36(17-21-10-12-22(31)13-11-21)27(38)18-37(42(40,41)24-8-6-5-7-9-24)23-14-15-26(30)25(16-23)29(32,33)34/h5-16,19-20H,4,17-18H2,1-3H3,(H,35,39)/t19-,20+/m0/s1. The van der Waals surface area contributed by atoms with Crippen molar-refractivity contribution in [1.82, 2.24) is 10.2 Å². The minimum Gasteiger partial charge on any atom is -0.352 e. The molecule has 13 heteroatoms. The van der Waals surface area contributed by atoms with Crippen molar-refractivity contribution in [1.29, 1.82) is 0 Å². The second-order valence-corrected chi connectivity index (χ2v) is 11.9. The van der Waals surface area contributed by atoms with Crippen LogP contribution in [0.15, 0.2) is 77.7 Å². The van der Waals surface area contributed by atoms with Gasteiger partial charge in [0.05, 0.1) is 21.2 Å². The fraction of sp³-hybridized carbons (Fsp3) is 0.310. The molecule has 3 rings (SSSR count). The van der Waals surface area contributed by atoms with Crippen molar-refractivity contribution < 1.29 is 35.6 Å².